The van der Waals surface area contributed by atoms with E-state index in [4.69, 9.17) is 0 Å². The summed E-state index contributed by atoms with van der Waals surface area (Å²) in [7, 11) is 0. The average molecular weight is 221 g/mol. The molecule has 2 heterocycles. The lowest BCUT2D eigenvalue weighted by atomic mass is 10.2. The Balaban J connectivity index is 2.21. The highest BCUT2D eigenvalue weighted by atomic mass is 16.3. The maximum absolute atomic E-state index is 12.1. The fourth-order valence-corrected chi connectivity index (χ4v) is 1.84. The molecule has 1 aromatic rings. The van der Waals surface area contributed by atoms with Crippen LogP contribution in [0.4, 0.5) is 0 Å². The Hall–Kier alpha value is -1.62. The number of aromatic hydroxyl groups is 1. The van der Waals surface area contributed by atoms with Crippen molar-refractivity contribution in [2.45, 2.75) is 13.0 Å². The molecule has 1 aromatic heterocycles. The molecule has 86 valence electrons. The van der Waals surface area contributed by atoms with Crippen molar-refractivity contribution in [3.05, 3.63) is 24.0 Å². The van der Waals surface area contributed by atoms with Gasteiger partial charge in [-0.1, -0.05) is 0 Å². The Labute approximate surface area is 94.1 Å². The van der Waals surface area contributed by atoms with Crippen molar-refractivity contribution in [3.8, 4) is 5.75 Å². The molecule has 0 spiro atoms. The fourth-order valence-electron chi connectivity index (χ4n) is 1.84. The predicted octanol–water partition coefficient (Wildman–Crippen LogP) is 0.221. The average Bonchev–Trinajstić information content (AvgIpc) is 2.29. The van der Waals surface area contributed by atoms with Crippen molar-refractivity contribution in [2.24, 2.45) is 0 Å². The number of nitrogens with zero attached hydrogens (tertiary/aromatic N) is 2. The summed E-state index contributed by atoms with van der Waals surface area (Å²) in [5, 5.41) is 12.8. The van der Waals surface area contributed by atoms with Gasteiger partial charge < -0.3 is 15.3 Å². The van der Waals surface area contributed by atoms with E-state index < -0.39 is 0 Å². The fraction of sp³-hybridized carbons (Fsp3) is 0.455. The molecule has 5 nitrogen and oxygen atoms in total. The van der Waals surface area contributed by atoms with Gasteiger partial charge in [-0.05, 0) is 19.1 Å². The van der Waals surface area contributed by atoms with Crippen molar-refractivity contribution in [2.75, 3.05) is 19.6 Å². The molecular weight excluding hydrogens is 206 g/mol. The summed E-state index contributed by atoms with van der Waals surface area (Å²) in [6.45, 7) is 4.18. The first-order valence-corrected chi connectivity index (χ1v) is 5.36. The Bertz CT molecular complexity index is 395. The van der Waals surface area contributed by atoms with Gasteiger partial charge in [-0.3, -0.25) is 4.79 Å². The highest BCUT2D eigenvalue weighted by molar-refractivity contribution is 5.95. The Morgan fingerprint density at radius 1 is 1.69 bits per heavy atom. The van der Waals surface area contributed by atoms with Crippen LogP contribution in [0.5, 0.6) is 5.75 Å². The van der Waals surface area contributed by atoms with Crippen molar-refractivity contribution < 1.29 is 9.90 Å². The smallest absolute Gasteiger partial charge is 0.276 e. The van der Waals surface area contributed by atoms with E-state index in [2.05, 4.69) is 10.3 Å². The SMILES string of the molecule is C[C@@H]1CNCCN1C(=O)c1ncccc1O. The van der Waals surface area contributed by atoms with Crippen LogP contribution in [0.2, 0.25) is 0 Å². The number of rotatable bonds is 1. The molecule has 0 aromatic carbocycles. The van der Waals surface area contributed by atoms with Crippen LogP contribution in [0.3, 0.4) is 0 Å². The van der Waals surface area contributed by atoms with Gasteiger partial charge in [0.15, 0.2) is 5.69 Å². The summed E-state index contributed by atoms with van der Waals surface area (Å²) >= 11 is 0. The first-order valence-electron chi connectivity index (χ1n) is 5.36. The minimum atomic E-state index is -0.202. The summed E-state index contributed by atoms with van der Waals surface area (Å²) in [6, 6.07) is 3.21. The maximum Gasteiger partial charge on any atom is 0.276 e. The number of nitrogens with one attached hydrogen (secondary N) is 1. The molecule has 1 fully saturated rings. The summed E-state index contributed by atoms with van der Waals surface area (Å²) in [4.78, 5) is 17.8. The van der Waals surface area contributed by atoms with Gasteiger partial charge in [0.2, 0.25) is 0 Å². The second kappa shape index (κ2) is 4.49. The van der Waals surface area contributed by atoms with Gasteiger partial charge in [0.05, 0.1) is 0 Å². The number of carbonyl (C=O) groups is 1. The van der Waals surface area contributed by atoms with E-state index in [1.807, 2.05) is 6.92 Å². The maximum atomic E-state index is 12.1. The third kappa shape index (κ3) is 1.99. The van der Waals surface area contributed by atoms with Gasteiger partial charge >= 0.3 is 0 Å². The van der Waals surface area contributed by atoms with E-state index >= 15 is 0 Å². The second-order valence-electron chi connectivity index (χ2n) is 3.92. The monoisotopic (exact) mass is 221 g/mol. The molecule has 0 unspecified atom stereocenters. The third-order valence-corrected chi connectivity index (χ3v) is 2.75. The normalized spacial score (nSPS) is 20.8. The Kier molecular flexibility index (Phi) is 3.05. The summed E-state index contributed by atoms with van der Waals surface area (Å²) < 4.78 is 0. The first-order chi connectivity index (χ1) is 7.70. The zero-order valence-corrected chi connectivity index (χ0v) is 9.18. The first kappa shape index (κ1) is 10.9. The molecule has 1 aliphatic heterocycles. The Morgan fingerprint density at radius 2 is 2.50 bits per heavy atom. The topological polar surface area (TPSA) is 65.5 Å². The molecule has 0 aliphatic carbocycles. The summed E-state index contributed by atoms with van der Waals surface area (Å²) in [5.41, 5.74) is 0.135. The van der Waals surface area contributed by atoms with E-state index in [0.29, 0.717) is 6.54 Å². The van der Waals surface area contributed by atoms with Gasteiger partial charge in [-0.15, -0.1) is 0 Å². The number of piperazine rings is 1. The largest absolute Gasteiger partial charge is 0.505 e. The van der Waals surface area contributed by atoms with Crippen LogP contribution in [-0.4, -0.2) is 46.6 Å². The van der Waals surface area contributed by atoms with Crippen molar-refractivity contribution in [3.63, 3.8) is 0 Å². The van der Waals surface area contributed by atoms with Gasteiger partial charge in [-0.25, -0.2) is 4.98 Å². The van der Waals surface area contributed by atoms with Crippen molar-refractivity contribution >= 4 is 5.91 Å². The van der Waals surface area contributed by atoms with E-state index in [9.17, 15) is 9.90 Å². The van der Waals surface area contributed by atoms with Crippen LogP contribution in [0.1, 0.15) is 17.4 Å². The number of carbonyl (C=O) groups excluding carboxylic acids is 1. The van der Waals surface area contributed by atoms with E-state index in [1.54, 1.807) is 11.0 Å². The minimum absolute atomic E-state index is 0.0572. The number of hydrogen-bond donors (Lipinski definition) is 2. The van der Waals surface area contributed by atoms with Crippen LogP contribution < -0.4 is 5.32 Å². The van der Waals surface area contributed by atoms with Crippen LogP contribution in [-0.2, 0) is 0 Å². The van der Waals surface area contributed by atoms with Crippen LogP contribution in [0, 0.1) is 0 Å². The third-order valence-electron chi connectivity index (χ3n) is 2.75. The Morgan fingerprint density at radius 3 is 3.19 bits per heavy atom. The summed E-state index contributed by atoms with van der Waals surface area (Å²) in [6.07, 6.45) is 1.51. The standard InChI is InChI=1S/C11H15N3O2/c1-8-7-12-5-6-14(8)11(16)10-9(15)3-2-4-13-10/h2-4,8,12,15H,5-7H2,1H3/t8-/m1/s1. The lowest BCUT2D eigenvalue weighted by Crippen LogP contribution is -2.52. The van der Waals surface area contributed by atoms with Crippen molar-refractivity contribution in [1.82, 2.24) is 15.2 Å². The molecule has 0 radical (unpaired) electrons. The minimum Gasteiger partial charge on any atom is -0.505 e. The van der Waals surface area contributed by atoms with Gasteiger partial charge in [0, 0.05) is 31.9 Å². The highest BCUT2D eigenvalue weighted by Gasteiger charge is 2.26. The van der Waals surface area contributed by atoms with Crippen LogP contribution in [0.15, 0.2) is 18.3 Å². The van der Waals surface area contributed by atoms with Gasteiger partial charge in [0.1, 0.15) is 5.75 Å². The number of amides is 1. The number of pyridine rings is 1. The van der Waals surface area contributed by atoms with Gasteiger partial charge in [-0.2, -0.15) is 0 Å². The van der Waals surface area contributed by atoms with Gasteiger partial charge in [0.25, 0.3) is 5.91 Å². The molecule has 0 saturated carbocycles. The molecule has 5 heteroatoms. The zero-order valence-electron chi connectivity index (χ0n) is 9.18. The van der Waals surface area contributed by atoms with Crippen LogP contribution in [0.25, 0.3) is 0 Å². The molecule has 16 heavy (non-hydrogen) atoms. The zero-order chi connectivity index (χ0) is 11.5. The molecule has 2 rings (SSSR count). The predicted molar refractivity (Wildman–Crippen MR) is 59.3 cm³/mol. The molecule has 2 N–H and O–H groups in total. The molecular formula is C11H15N3O2. The van der Waals surface area contributed by atoms with E-state index in [-0.39, 0.29) is 23.4 Å². The molecule has 1 saturated heterocycles. The van der Waals surface area contributed by atoms with E-state index in [0.717, 1.165) is 13.1 Å². The van der Waals surface area contributed by atoms with E-state index in [1.165, 1.54) is 12.3 Å². The number of hydrogen-bond acceptors (Lipinski definition) is 4. The van der Waals surface area contributed by atoms with Crippen molar-refractivity contribution in [1.29, 1.82) is 0 Å². The lowest BCUT2D eigenvalue weighted by Gasteiger charge is -2.33. The second-order valence-corrected chi connectivity index (χ2v) is 3.92. The molecule has 1 amide bonds. The quantitative estimate of drug-likeness (QED) is 0.712. The molecule has 1 atom stereocenters. The molecule has 1 aliphatic rings. The molecule has 0 bridgehead atoms. The van der Waals surface area contributed by atoms with Crippen LogP contribution >= 0.6 is 0 Å². The lowest BCUT2D eigenvalue weighted by molar-refractivity contribution is 0.0646. The number of aromatic nitrogens is 1. The summed E-state index contributed by atoms with van der Waals surface area (Å²) in [5.74, 6) is -0.259. The highest BCUT2D eigenvalue weighted by Crippen LogP contribution is 2.16.